The van der Waals surface area contributed by atoms with E-state index in [9.17, 15) is 4.79 Å². The van der Waals surface area contributed by atoms with Crippen LogP contribution in [0.15, 0.2) is 42.5 Å². The Kier molecular flexibility index (Phi) is 6.29. The number of rotatable bonds is 6. The van der Waals surface area contributed by atoms with Gasteiger partial charge in [-0.15, -0.1) is 0 Å². The van der Waals surface area contributed by atoms with Crippen molar-refractivity contribution in [2.45, 2.75) is 39.8 Å². The van der Waals surface area contributed by atoms with Gasteiger partial charge >= 0.3 is 0 Å². The summed E-state index contributed by atoms with van der Waals surface area (Å²) in [4.78, 5) is 15.0. The van der Waals surface area contributed by atoms with Crippen molar-refractivity contribution in [3.05, 3.63) is 64.7 Å². The van der Waals surface area contributed by atoms with E-state index < -0.39 is 0 Å². The molecule has 1 aliphatic heterocycles. The van der Waals surface area contributed by atoms with Crippen LogP contribution in [0.3, 0.4) is 0 Å². The molecular weight excluding hydrogens is 324 g/mol. The Balaban J connectivity index is 1.66. The minimum Gasteiger partial charge on any atom is -0.492 e. The summed E-state index contributed by atoms with van der Waals surface area (Å²) in [5.41, 5.74) is 4.12. The van der Waals surface area contributed by atoms with Crippen LogP contribution in [0, 0.1) is 6.92 Å². The number of aryl methyl sites for hydroxylation is 1. The number of carbonyl (C=O) groups is 1. The van der Waals surface area contributed by atoms with Crippen molar-refractivity contribution >= 4 is 5.91 Å². The molecule has 4 heteroatoms. The van der Waals surface area contributed by atoms with Crippen molar-refractivity contribution < 1.29 is 9.53 Å². The molecule has 3 rings (SSSR count). The normalized spacial score (nSPS) is 14.2. The van der Waals surface area contributed by atoms with Gasteiger partial charge in [0.2, 0.25) is 0 Å². The molecule has 2 aromatic carbocycles. The van der Waals surface area contributed by atoms with Crippen LogP contribution in [0.2, 0.25) is 0 Å². The molecule has 0 spiro atoms. The molecular formula is C22H28N2O2. The van der Waals surface area contributed by atoms with E-state index in [0.717, 1.165) is 36.5 Å². The van der Waals surface area contributed by atoms with E-state index in [2.05, 4.69) is 36.2 Å². The molecule has 0 aromatic heterocycles. The SMILES string of the molecule is CCCCN1CCOc2ccc(C(=O)NCc3ccc(C)cc3)cc2C1. The summed E-state index contributed by atoms with van der Waals surface area (Å²) >= 11 is 0. The molecule has 0 bridgehead atoms. The van der Waals surface area contributed by atoms with Gasteiger partial charge in [-0.1, -0.05) is 43.2 Å². The molecule has 1 aliphatic rings. The highest BCUT2D eigenvalue weighted by atomic mass is 16.5. The Hall–Kier alpha value is -2.33. The number of hydrogen-bond acceptors (Lipinski definition) is 3. The van der Waals surface area contributed by atoms with Gasteiger partial charge in [0, 0.05) is 30.8 Å². The average molecular weight is 352 g/mol. The molecule has 4 nitrogen and oxygen atoms in total. The lowest BCUT2D eigenvalue weighted by Crippen LogP contribution is -2.27. The van der Waals surface area contributed by atoms with Crippen molar-refractivity contribution in [3.63, 3.8) is 0 Å². The monoisotopic (exact) mass is 352 g/mol. The van der Waals surface area contributed by atoms with Crippen molar-refractivity contribution in [1.29, 1.82) is 0 Å². The molecule has 0 fully saturated rings. The van der Waals surface area contributed by atoms with Crippen LogP contribution in [-0.2, 0) is 13.1 Å². The summed E-state index contributed by atoms with van der Waals surface area (Å²) in [6, 6.07) is 14.0. The van der Waals surface area contributed by atoms with E-state index >= 15 is 0 Å². The standard InChI is InChI=1S/C22H28N2O2/c1-3-4-11-24-12-13-26-21-10-9-19(14-20(21)16-24)22(25)23-15-18-7-5-17(2)6-8-18/h5-10,14H,3-4,11-13,15-16H2,1-2H3,(H,23,25). The van der Waals surface area contributed by atoms with E-state index in [1.807, 2.05) is 30.3 Å². The Bertz CT molecular complexity index is 738. The zero-order valence-electron chi connectivity index (χ0n) is 15.8. The second kappa shape index (κ2) is 8.86. The molecule has 0 aliphatic carbocycles. The Morgan fingerprint density at radius 2 is 2.00 bits per heavy atom. The minimum atomic E-state index is -0.0438. The first kappa shape index (κ1) is 18.5. The van der Waals surface area contributed by atoms with Gasteiger partial charge < -0.3 is 10.1 Å². The number of nitrogens with one attached hydrogen (secondary N) is 1. The zero-order chi connectivity index (χ0) is 18.4. The lowest BCUT2D eigenvalue weighted by atomic mass is 10.1. The summed E-state index contributed by atoms with van der Waals surface area (Å²) in [6.45, 7) is 8.36. The molecule has 0 unspecified atom stereocenters. The quantitative estimate of drug-likeness (QED) is 0.857. The molecule has 0 saturated carbocycles. The first-order valence-electron chi connectivity index (χ1n) is 9.47. The minimum absolute atomic E-state index is 0.0438. The molecule has 1 heterocycles. The largest absolute Gasteiger partial charge is 0.492 e. The highest BCUT2D eigenvalue weighted by Gasteiger charge is 2.17. The maximum Gasteiger partial charge on any atom is 0.251 e. The van der Waals surface area contributed by atoms with E-state index in [1.54, 1.807) is 0 Å². The fourth-order valence-corrected chi connectivity index (χ4v) is 3.15. The average Bonchev–Trinajstić information content (AvgIpc) is 2.86. The molecule has 1 N–H and O–H groups in total. The molecule has 1 amide bonds. The van der Waals surface area contributed by atoms with Crippen molar-refractivity contribution in [2.24, 2.45) is 0 Å². The van der Waals surface area contributed by atoms with Gasteiger partial charge in [-0.25, -0.2) is 0 Å². The fourth-order valence-electron chi connectivity index (χ4n) is 3.15. The summed E-state index contributed by atoms with van der Waals surface area (Å²) in [7, 11) is 0. The van der Waals surface area contributed by atoms with E-state index in [0.29, 0.717) is 18.7 Å². The summed E-state index contributed by atoms with van der Waals surface area (Å²) < 4.78 is 5.86. The molecule has 2 aromatic rings. The summed E-state index contributed by atoms with van der Waals surface area (Å²) in [5, 5.41) is 3.01. The number of hydrogen-bond donors (Lipinski definition) is 1. The third-order valence-corrected chi connectivity index (χ3v) is 4.78. The number of nitrogens with zero attached hydrogens (tertiary/aromatic N) is 1. The lowest BCUT2D eigenvalue weighted by Gasteiger charge is -2.18. The number of amides is 1. The number of unbranched alkanes of at least 4 members (excludes halogenated alkanes) is 1. The number of benzene rings is 2. The highest BCUT2D eigenvalue weighted by Crippen LogP contribution is 2.24. The van der Waals surface area contributed by atoms with E-state index in [-0.39, 0.29) is 5.91 Å². The van der Waals surface area contributed by atoms with Gasteiger partial charge in [0.1, 0.15) is 12.4 Å². The van der Waals surface area contributed by atoms with Crippen LogP contribution >= 0.6 is 0 Å². The number of fused-ring (bicyclic) bond motifs is 1. The second-order valence-corrected chi connectivity index (χ2v) is 6.97. The van der Waals surface area contributed by atoms with Crippen molar-refractivity contribution in [3.8, 4) is 5.75 Å². The van der Waals surface area contributed by atoms with E-state index in [4.69, 9.17) is 4.74 Å². The van der Waals surface area contributed by atoms with Gasteiger partial charge in [-0.05, 0) is 43.7 Å². The Morgan fingerprint density at radius 3 is 2.77 bits per heavy atom. The van der Waals surface area contributed by atoms with Crippen LogP contribution in [0.1, 0.15) is 46.8 Å². The van der Waals surface area contributed by atoms with Gasteiger partial charge in [0.25, 0.3) is 5.91 Å². The predicted molar refractivity (Wildman–Crippen MR) is 104 cm³/mol. The number of ether oxygens (including phenoxy) is 1. The van der Waals surface area contributed by atoms with Crippen LogP contribution < -0.4 is 10.1 Å². The predicted octanol–water partition coefficient (Wildman–Crippen LogP) is 3.92. The third kappa shape index (κ3) is 4.85. The van der Waals surface area contributed by atoms with Crippen LogP contribution in [0.25, 0.3) is 0 Å². The van der Waals surface area contributed by atoms with Gasteiger partial charge in [-0.3, -0.25) is 9.69 Å². The fraction of sp³-hybridized carbons (Fsp3) is 0.409. The summed E-state index contributed by atoms with van der Waals surface area (Å²) in [5.74, 6) is 0.858. The Morgan fingerprint density at radius 1 is 1.19 bits per heavy atom. The van der Waals surface area contributed by atoms with Crippen molar-refractivity contribution in [1.82, 2.24) is 10.2 Å². The maximum atomic E-state index is 12.5. The zero-order valence-corrected chi connectivity index (χ0v) is 15.8. The molecule has 26 heavy (non-hydrogen) atoms. The maximum absolute atomic E-state index is 12.5. The van der Waals surface area contributed by atoms with Crippen LogP contribution in [0.4, 0.5) is 0 Å². The van der Waals surface area contributed by atoms with Crippen LogP contribution in [-0.4, -0.2) is 30.5 Å². The first-order chi connectivity index (χ1) is 12.7. The summed E-state index contributed by atoms with van der Waals surface area (Å²) in [6.07, 6.45) is 2.37. The smallest absolute Gasteiger partial charge is 0.251 e. The molecule has 0 radical (unpaired) electrons. The van der Waals surface area contributed by atoms with E-state index in [1.165, 1.54) is 18.4 Å². The number of carbonyl (C=O) groups excluding carboxylic acids is 1. The topological polar surface area (TPSA) is 41.6 Å². The Labute approximate surface area is 156 Å². The van der Waals surface area contributed by atoms with Gasteiger partial charge in [-0.2, -0.15) is 0 Å². The highest BCUT2D eigenvalue weighted by molar-refractivity contribution is 5.94. The van der Waals surface area contributed by atoms with Crippen molar-refractivity contribution in [2.75, 3.05) is 19.7 Å². The molecule has 0 atom stereocenters. The van der Waals surface area contributed by atoms with Gasteiger partial charge in [0.15, 0.2) is 0 Å². The second-order valence-electron chi connectivity index (χ2n) is 6.97. The van der Waals surface area contributed by atoms with Gasteiger partial charge in [0.05, 0.1) is 0 Å². The van der Waals surface area contributed by atoms with Crippen LogP contribution in [0.5, 0.6) is 5.75 Å². The third-order valence-electron chi connectivity index (χ3n) is 4.78. The molecule has 0 saturated heterocycles. The molecule has 138 valence electrons. The first-order valence-corrected chi connectivity index (χ1v) is 9.47. The lowest BCUT2D eigenvalue weighted by molar-refractivity contribution is 0.0950.